The van der Waals surface area contributed by atoms with E-state index in [4.69, 9.17) is 0 Å². The summed E-state index contributed by atoms with van der Waals surface area (Å²) in [6.45, 7) is 2.38. The number of halogens is 1. The minimum Gasteiger partial charge on any atom is -0.355 e. The molecule has 0 atom stereocenters. The molecule has 0 radical (unpaired) electrons. The number of carbonyl (C=O) groups excluding carboxylic acids is 2. The maximum atomic E-state index is 13.1. The lowest BCUT2D eigenvalue weighted by molar-refractivity contribution is 0.0966. The van der Waals surface area contributed by atoms with Crippen LogP contribution in [0.25, 0.3) is 0 Å². The largest absolute Gasteiger partial charge is 0.355 e. The van der Waals surface area contributed by atoms with Crippen molar-refractivity contribution in [3.8, 4) is 0 Å². The summed E-state index contributed by atoms with van der Waals surface area (Å²) in [6, 6.07) is 16.7. The Morgan fingerprint density at radius 1 is 0.964 bits per heavy atom. The van der Waals surface area contributed by atoms with Gasteiger partial charge >= 0.3 is 0 Å². The second-order valence-corrected chi connectivity index (χ2v) is 6.60. The lowest BCUT2D eigenvalue weighted by atomic mass is 10.0. The van der Waals surface area contributed by atoms with E-state index >= 15 is 0 Å². The van der Waals surface area contributed by atoms with Crippen LogP contribution in [0, 0.1) is 12.7 Å². The molecule has 1 heterocycles. The summed E-state index contributed by atoms with van der Waals surface area (Å²) in [5, 5.41) is 8.93. The van der Waals surface area contributed by atoms with Crippen LogP contribution in [-0.4, -0.2) is 11.8 Å². The molecule has 6 heteroatoms. The van der Waals surface area contributed by atoms with Crippen LogP contribution in [0.15, 0.2) is 60.7 Å². The van der Waals surface area contributed by atoms with Crippen molar-refractivity contribution in [3.05, 3.63) is 88.7 Å². The Hall–Kier alpha value is -3.67. The van der Waals surface area contributed by atoms with Gasteiger partial charge in [0, 0.05) is 29.0 Å². The Labute approximate surface area is 161 Å². The van der Waals surface area contributed by atoms with Gasteiger partial charge in [0.1, 0.15) is 5.82 Å². The van der Waals surface area contributed by atoms with Crippen LogP contribution in [0.1, 0.15) is 31.8 Å². The first kappa shape index (κ1) is 17.7. The van der Waals surface area contributed by atoms with E-state index in [9.17, 15) is 14.0 Å². The zero-order chi connectivity index (χ0) is 19.7. The predicted molar refractivity (Wildman–Crippen MR) is 106 cm³/mol. The van der Waals surface area contributed by atoms with Gasteiger partial charge in [0.15, 0.2) is 0 Å². The Balaban J connectivity index is 1.66. The van der Waals surface area contributed by atoms with Gasteiger partial charge in [-0.3, -0.25) is 9.59 Å². The van der Waals surface area contributed by atoms with Gasteiger partial charge in [0.05, 0.1) is 11.3 Å². The second-order valence-electron chi connectivity index (χ2n) is 6.60. The molecular formula is C22H18FN3O2. The monoisotopic (exact) mass is 375 g/mol. The van der Waals surface area contributed by atoms with E-state index in [1.807, 2.05) is 37.3 Å². The van der Waals surface area contributed by atoms with Gasteiger partial charge in [-0.15, -0.1) is 0 Å². The molecule has 1 aliphatic heterocycles. The van der Waals surface area contributed by atoms with Gasteiger partial charge in [-0.05, 0) is 55.0 Å². The van der Waals surface area contributed by atoms with Gasteiger partial charge in [0.25, 0.3) is 11.8 Å². The molecule has 5 nitrogen and oxygen atoms in total. The van der Waals surface area contributed by atoms with Crippen molar-refractivity contribution < 1.29 is 14.0 Å². The third kappa shape index (κ3) is 3.32. The quantitative estimate of drug-likeness (QED) is 0.634. The zero-order valence-corrected chi connectivity index (χ0v) is 15.2. The zero-order valence-electron chi connectivity index (χ0n) is 15.2. The average molecular weight is 375 g/mol. The van der Waals surface area contributed by atoms with E-state index in [1.54, 1.807) is 6.07 Å². The minimum atomic E-state index is -0.413. The van der Waals surface area contributed by atoms with Crippen molar-refractivity contribution in [2.45, 2.75) is 13.5 Å². The van der Waals surface area contributed by atoms with Crippen molar-refractivity contribution >= 4 is 28.9 Å². The lowest BCUT2D eigenvalue weighted by Crippen LogP contribution is -2.17. The summed E-state index contributed by atoms with van der Waals surface area (Å²) < 4.78 is 13.1. The Morgan fingerprint density at radius 2 is 1.68 bits per heavy atom. The number of anilines is 3. The molecule has 0 saturated carbocycles. The molecule has 0 bridgehead atoms. The van der Waals surface area contributed by atoms with Gasteiger partial charge in [-0.1, -0.05) is 18.2 Å². The fourth-order valence-electron chi connectivity index (χ4n) is 3.22. The summed E-state index contributed by atoms with van der Waals surface area (Å²) in [4.78, 5) is 24.9. The van der Waals surface area contributed by atoms with E-state index in [2.05, 4.69) is 16.0 Å². The van der Waals surface area contributed by atoms with Crippen LogP contribution in [-0.2, 0) is 6.54 Å². The smallest absolute Gasteiger partial charge is 0.255 e. The molecule has 3 N–H and O–H groups in total. The van der Waals surface area contributed by atoms with Crippen LogP contribution >= 0.6 is 0 Å². The number of benzene rings is 3. The third-order valence-corrected chi connectivity index (χ3v) is 4.73. The van der Waals surface area contributed by atoms with E-state index in [1.165, 1.54) is 24.3 Å². The molecular weight excluding hydrogens is 357 g/mol. The number of hydrogen-bond acceptors (Lipinski definition) is 3. The molecule has 3 aromatic rings. The first-order valence-corrected chi connectivity index (χ1v) is 8.86. The predicted octanol–water partition coefficient (Wildman–Crippen LogP) is 4.37. The van der Waals surface area contributed by atoms with Gasteiger partial charge in [0.2, 0.25) is 0 Å². The molecule has 140 valence electrons. The number of aryl methyl sites for hydroxylation is 1. The number of para-hydroxylation sites is 1. The van der Waals surface area contributed by atoms with Crippen molar-refractivity contribution in [2.75, 3.05) is 10.6 Å². The SMILES string of the molecule is Cc1ccccc1Nc1ccc(NC(=O)c2ccc(F)cc2)c2c1CNC2=O. The Bertz CT molecular complexity index is 1080. The molecule has 28 heavy (non-hydrogen) atoms. The molecule has 3 aromatic carbocycles. The lowest BCUT2D eigenvalue weighted by Gasteiger charge is -2.15. The van der Waals surface area contributed by atoms with Crippen LogP contribution in [0.5, 0.6) is 0 Å². The van der Waals surface area contributed by atoms with Crippen LogP contribution in [0.4, 0.5) is 21.5 Å². The number of fused-ring (bicyclic) bond motifs is 1. The van der Waals surface area contributed by atoms with Gasteiger partial charge < -0.3 is 16.0 Å². The molecule has 1 aliphatic rings. The number of hydrogen-bond donors (Lipinski definition) is 3. The number of nitrogens with one attached hydrogen (secondary N) is 3. The molecule has 2 amide bonds. The highest BCUT2D eigenvalue weighted by Gasteiger charge is 2.26. The minimum absolute atomic E-state index is 0.238. The molecule has 4 rings (SSSR count). The summed E-state index contributed by atoms with van der Waals surface area (Å²) in [7, 11) is 0. The highest BCUT2D eigenvalue weighted by atomic mass is 19.1. The van der Waals surface area contributed by atoms with Crippen LogP contribution in [0.3, 0.4) is 0 Å². The summed E-state index contributed by atoms with van der Waals surface area (Å²) in [5.41, 5.74) is 4.82. The van der Waals surface area contributed by atoms with Crippen molar-refractivity contribution in [1.29, 1.82) is 0 Å². The fourth-order valence-corrected chi connectivity index (χ4v) is 3.22. The fraction of sp³-hybridized carbons (Fsp3) is 0.0909. The van der Waals surface area contributed by atoms with E-state index in [0.29, 0.717) is 23.4 Å². The van der Waals surface area contributed by atoms with E-state index in [0.717, 1.165) is 22.5 Å². The first-order chi connectivity index (χ1) is 13.5. The topological polar surface area (TPSA) is 70.2 Å². The molecule has 0 aliphatic carbocycles. The highest BCUT2D eigenvalue weighted by Crippen LogP contribution is 2.33. The number of amides is 2. The van der Waals surface area contributed by atoms with Crippen LogP contribution < -0.4 is 16.0 Å². The molecule has 0 saturated heterocycles. The third-order valence-electron chi connectivity index (χ3n) is 4.73. The maximum Gasteiger partial charge on any atom is 0.255 e. The summed E-state index contributed by atoms with van der Waals surface area (Å²) in [6.07, 6.45) is 0. The maximum absolute atomic E-state index is 13.1. The van der Waals surface area contributed by atoms with Crippen molar-refractivity contribution in [1.82, 2.24) is 5.32 Å². The molecule has 0 aromatic heterocycles. The first-order valence-electron chi connectivity index (χ1n) is 8.86. The highest BCUT2D eigenvalue weighted by molar-refractivity contribution is 6.11. The normalized spacial score (nSPS) is 12.3. The Morgan fingerprint density at radius 3 is 2.43 bits per heavy atom. The second kappa shape index (κ2) is 7.15. The summed E-state index contributed by atoms with van der Waals surface area (Å²) >= 11 is 0. The van der Waals surface area contributed by atoms with Gasteiger partial charge in [-0.25, -0.2) is 4.39 Å². The Kier molecular flexibility index (Phi) is 4.53. The molecule has 0 spiro atoms. The van der Waals surface area contributed by atoms with Gasteiger partial charge in [-0.2, -0.15) is 0 Å². The molecule has 0 unspecified atom stereocenters. The standard InChI is InChI=1S/C22H18FN3O2/c1-13-4-2-3-5-17(13)25-18-10-11-19(20-16(18)12-24-22(20)28)26-21(27)14-6-8-15(23)9-7-14/h2-11,25H,12H2,1H3,(H,24,28)(H,26,27). The number of rotatable bonds is 4. The number of carbonyl (C=O) groups is 2. The molecule has 0 fully saturated rings. The van der Waals surface area contributed by atoms with E-state index in [-0.39, 0.29) is 5.91 Å². The van der Waals surface area contributed by atoms with E-state index < -0.39 is 11.7 Å². The summed E-state index contributed by atoms with van der Waals surface area (Å²) in [5.74, 6) is -1.05. The van der Waals surface area contributed by atoms with Crippen LogP contribution in [0.2, 0.25) is 0 Å². The average Bonchev–Trinajstić information content (AvgIpc) is 3.08. The van der Waals surface area contributed by atoms with Crippen molar-refractivity contribution in [3.63, 3.8) is 0 Å². The van der Waals surface area contributed by atoms with Crippen molar-refractivity contribution in [2.24, 2.45) is 0 Å².